The van der Waals surface area contributed by atoms with Crippen LogP contribution < -0.4 is 14.4 Å². The lowest BCUT2D eigenvalue weighted by Crippen LogP contribution is -2.40. The van der Waals surface area contributed by atoms with Crippen molar-refractivity contribution >= 4 is 29.0 Å². The first kappa shape index (κ1) is 19.7. The first-order valence-electron chi connectivity index (χ1n) is 8.95. The second-order valence-electron chi connectivity index (χ2n) is 6.23. The smallest absolute Gasteiger partial charge is 0.265 e. The Kier molecular flexibility index (Phi) is 6.51. The lowest BCUT2D eigenvalue weighted by atomic mass is 10.0. The van der Waals surface area contributed by atoms with Gasteiger partial charge in [-0.15, -0.1) is 0 Å². The fraction of sp³-hybridized carbons (Fsp3) is 0.286. The van der Waals surface area contributed by atoms with Gasteiger partial charge in [0.15, 0.2) is 18.1 Å². The Labute approximate surface area is 168 Å². The monoisotopic (exact) mass is 398 g/mol. The van der Waals surface area contributed by atoms with Crippen LogP contribution in [0.5, 0.6) is 11.5 Å². The second kappa shape index (κ2) is 9.25. The van der Waals surface area contributed by atoms with Crippen LogP contribution in [0, 0.1) is 11.3 Å². The van der Waals surface area contributed by atoms with Gasteiger partial charge in [-0.25, -0.2) is 0 Å². The van der Waals surface area contributed by atoms with Gasteiger partial charge in [-0.05, 0) is 30.7 Å². The number of carbonyl (C=O) groups excluding carboxylic acids is 2. The molecular weight excluding hydrogens is 380 g/mol. The summed E-state index contributed by atoms with van der Waals surface area (Å²) in [5.74, 6) is 0.674. The summed E-state index contributed by atoms with van der Waals surface area (Å²) < 4.78 is 11.2. The van der Waals surface area contributed by atoms with Crippen LogP contribution in [0.1, 0.15) is 29.6 Å². The van der Waals surface area contributed by atoms with Gasteiger partial charge in [-0.1, -0.05) is 29.8 Å². The van der Waals surface area contributed by atoms with E-state index in [2.05, 4.69) is 0 Å². The zero-order valence-corrected chi connectivity index (χ0v) is 15.9. The molecule has 0 bridgehead atoms. The molecule has 2 aromatic carbocycles. The lowest BCUT2D eigenvalue weighted by molar-refractivity contribution is -0.121. The summed E-state index contributed by atoms with van der Waals surface area (Å²) in [6.07, 6.45) is 0.787. The largest absolute Gasteiger partial charge is 0.494 e. The van der Waals surface area contributed by atoms with Crippen molar-refractivity contribution in [3.63, 3.8) is 0 Å². The number of benzene rings is 2. The van der Waals surface area contributed by atoms with Gasteiger partial charge in [0, 0.05) is 24.4 Å². The van der Waals surface area contributed by atoms with Crippen molar-refractivity contribution in [2.24, 2.45) is 0 Å². The highest BCUT2D eigenvalue weighted by Crippen LogP contribution is 2.39. The summed E-state index contributed by atoms with van der Waals surface area (Å²) in [6, 6.07) is 14.5. The second-order valence-corrected chi connectivity index (χ2v) is 6.67. The number of hydrogen-bond acceptors (Lipinski definition) is 5. The van der Waals surface area contributed by atoms with E-state index < -0.39 is 0 Å². The van der Waals surface area contributed by atoms with Crippen molar-refractivity contribution < 1.29 is 19.1 Å². The number of nitrogens with zero attached hydrogens (tertiary/aromatic N) is 2. The Hall–Kier alpha value is -3.04. The van der Waals surface area contributed by atoms with Gasteiger partial charge in [0.05, 0.1) is 23.9 Å². The summed E-state index contributed by atoms with van der Waals surface area (Å²) >= 11 is 6.18. The van der Waals surface area contributed by atoms with Crippen molar-refractivity contribution in [2.75, 3.05) is 24.7 Å². The minimum absolute atomic E-state index is 0.0749. The Bertz CT molecular complexity index is 909. The molecular formula is C21H19ClN2O4. The van der Waals surface area contributed by atoms with Crippen molar-refractivity contribution in [3.05, 3.63) is 53.1 Å². The quantitative estimate of drug-likeness (QED) is 0.495. The number of halogens is 1. The fourth-order valence-electron chi connectivity index (χ4n) is 2.96. The van der Waals surface area contributed by atoms with E-state index in [1.54, 1.807) is 11.0 Å². The summed E-state index contributed by atoms with van der Waals surface area (Å²) in [7, 11) is 0. The number of rotatable bonds is 8. The van der Waals surface area contributed by atoms with E-state index in [9.17, 15) is 9.59 Å². The molecule has 0 radical (unpaired) electrons. The van der Waals surface area contributed by atoms with Gasteiger partial charge >= 0.3 is 0 Å². The highest BCUT2D eigenvalue weighted by molar-refractivity contribution is 6.31. The summed E-state index contributed by atoms with van der Waals surface area (Å²) in [6.45, 7) is 0.708. The van der Waals surface area contributed by atoms with E-state index in [1.165, 1.54) is 6.07 Å². The van der Waals surface area contributed by atoms with Gasteiger partial charge in [-0.2, -0.15) is 5.26 Å². The fourth-order valence-corrected chi connectivity index (χ4v) is 3.18. The topological polar surface area (TPSA) is 79.6 Å². The Morgan fingerprint density at radius 1 is 1.29 bits per heavy atom. The molecule has 2 aromatic rings. The third-order valence-corrected chi connectivity index (χ3v) is 4.49. The maximum atomic E-state index is 12.4. The molecule has 0 fully saturated rings. The van der Waals surface area contributed by atoms with E-state index in [-0.39, 0.29) is 31.1 Å². The Balaban J connectivity index is 1.73. The molecule has 0 spiro atoms. The average molecular weight is 399 g/mol. The first-order valence-corrected chi connectivity index (χ1v) is 9.32. The third kappa shape index (κ3) is 4.62. The van der Waals surface area contributed by atoms with Crippen molar-refractivity contribution in [2.45, 2.75) is 19.3 Å². The third-order valence-electron chi connectivity index (χ3n) is 4.27. The van der Waals surface area contributed by atoms with Gasteiger partial charge in [0.25, 0.3) is 5.91 Å². The molecule has 1 aliphatic heterocycles. The van der Waals surface area contributed by atoms with Gasteiger partial charge in [-0.3, -0.25) is 9.59 Å². The molecule has 0 aliphatic carbocycles. The summed E-state index contributed by atoms with van der Waals surface area (Å²) in [4.78, 5) is 26.4. The molecule has 0 atom stereocenters. The Morgan fingerprint density at radius 2 is 2.07 bits per heavy atom. The van der Waals surface area contributed by atoms with Crippen LogP contribution in [0.2, 0.25) is 5.02 Å². The number of Topliss-reactive ketones (excluding diaryl/α,β-unsaturated/α-hetero) is 1. The van der Waals surface area contributed by atoms with Crippen LogP contribution in [-0.2, 0) is 4.79 Å². The highest BCUT2D eigenvalue weighted by atomic mass is 35.5. The van der Waals surface area contributed by atoms with Crippen LogP contribution in [-0.4, -0.2) is 31.4 Å². The van der Waals surface area contributed by atoms with Gasteiger partial charge in [0.1, 0.15) is 5.75 Å². The molecule has 7 heteroatoms. The number of para-hydroxylation sites is 1. The molecule has 144 valence electrons. The summed E-state index contributed by atoms with van der Waals surface area (Å²) in [5, 5.41) is 9.05. The molecule has 0 N–H and O–H groups in total. The van der Waals surface area contributed by atoms with E-state index >= 15 is 0 Å². The van der Waals surface area contributed by atoms with Crippen LogP contribution in [0.15, 0.2) is 42.5 Å². The van der Waals surface area contributed by atoms with Crippen LogP contribution in [0.4, 0.5) is 5.69 Å². The predicted molar refractivity (Wildman–Crippen MR) is 105 cm³/mol. The molecule has 28 heavy (non-hydrogen) atoms. The first-order chi connectivity index (χ1) is 13.6. The Morgan fingerprint density at radius 3 is 2.82 bits per heavy atom. The molecule has 1 amide bonds. The van der Waals surface area contributed by atoms with E-state index in [4.69, 9.17) is 26.3 Å². The number of anilines is 1. The zero-order valence-electron chi connectivity index (χ0n) is 15.2. The zero-order chi connectivity index (χ0) is 19.9. The maximum Gasteiger partial charge on any atom is 0.265 e. The van der Waals surface area contributed by atoms with E-state index in [0.29, 0.717) is 41.6 Å². The molecule has 0 saturated carbocycles. The van der Waals surface area contributed by atoms with Crippen molar-refractivity contribution in [1.29, 1.82) is 5.26 Å². The van der Waals surface area contributed by atoms with Gasteiger partial charge < -0.3 is 14.4 Å². The SMILES string of the molecule is N#CCCC(=O)c1cc(Cl)cc2c1OCC(=O)N2CCCOc1ccccc1. The number of fused-ring (bicyclic) bond motifs is 1. The molecule has 0 aromatic heterocycles. The standard InChI is InChI=1S/C21H19ClN2O4/c22-15-12-17(19(25)8-4-9-23)21-18(13-15)24(20(26)14-28-21)10-5-11-27-16-6-2-1-3-7-16/h1-3,6-7,12-13H,4-5,8,10-11,14H2. The van der Waals surface area contributed by atoms with Crippen LogP contribution in [0.3, 0.4) is 0 Å². The molecule has 3 rings (SSSR count). The van der Waals surface area contributed by atoms with Crippen molar-refractivity contribution in [1.82, 2.24) is 0 Å². The summed E-state index contributed by atoms with van der Waals surface area (Å²) in [5.41, 5.74) is 0.777. The number of amides is 1. The molecule has 1 heterocycles. The number of nitriles is 1. The normalized spacial score (nSPS) is 12.7. The number of hydrogen-bond donors (Lipinski definition) is 0. The minimum Gasteiger partial charge on any atom is -0.494 e. The van der Waals surface area contributed by atoms with Crippen LogP contribution in [0.25, 0.3) is 0 Å². The molecule has 0 saturated heterocycles. The molecule has 1 aliphatic rings. The molecule has 6 nitrogen and oxygen atoms in total. The minimum atomic E-state index is -0.234. The van der Waals surface area contributed by atoms with Gasteiger partial charge in [0.2, 0.25) is 0 Å². The molecule has 0 unspecified atom stereocenters. The number of carbonyl (C=O) groups is 2. The van der Waals surface area contributed by atoms with E-state index in [1.807, 2.05) is 36.4 Å². The lowest BCUT2D eigenvalue weighted by Gasteiger charge is -2.30. The van der Waals surface area contributed by atoms with Crippen molar-refractivity contribution in [3.8, 4) is 17.6 Å². The van der Waals surface area contributed by atoms with E-state index in [0.717, 1.165) is 5.75 Å². The number of ether oxygens (including phenoxy) is 2. The highest BCUT2D eigenvalue weighted by Gasteiger charge is 2.29. The average Bonchev–Trinajstić information content (AvgIpc) is 2.70. The van der Waals surface area contributed by atoms with Crippen LogP contribution >= 0.6 is 11.6 Å². The predicted octanol–water partition coefficient (Wildman–Crippen LogP) is 4.02. The number of ketones is 1. The maximum absolute atomic E-state index is 12.4.